The Labute approximate surface area is 108 Å². The molecule has 1 aromatic carbocycles. The topological polar surface area (TPSA) is 39.1 Å². The molecule has 1 heterocycles. The Bertz CT molecular complexity index is 612. The molecule has 4 heteroatoms. The number of rotatable bonds is 4. The molecule has 0 atom stereocenters. The van der Waals surface area contributed by atoms with E-state index in [0.29, 0.717) is 10.8 Å². The summed E-state index contributed by atoms with van der Waals surface area (Å²) in [4.78, 5) is 0.316. The molecule has 0 aliphatic heterocycles. The van der Waals surface area contributed by atoms with Gasteiger partial charge in [-0.1, -0.05) is 32.0 Å². The van der Waals surface area contributed by atoms with Gasteiger partial charge in [-0.3, -0.25) is 0 Å². The second-order valence-electron chi connectivity index (χ2n) is 4.77. The zero-order valence-electron chi connectivity index (χ0n) is 10.6. The lowest BCUT2D eigenvalue weighted by molar-refractivity contribution is 0.587. The maximum atomic E-state index is 12.3. The first kappa shape index (κ1) is 12.9. The second-order valence-corrected chi connectivity index (χ2v) is 6.61. The van der Waals surface area contributed by atoms with Crippen LogP contribution in [0.5, 0.6) is 0 Å². The van der Waals surface area contributed by atoms with E-state index >= 15 is 0 Å². The summed E-state index contributed by atoms with van der Waals surface area (Å²) in [6.07, 6.45) is 4.19. The highest BCUT2D eigenvalue weighted by Crippen LogP contribution is 2.16. The summed E-state index contributed by atoms with van der Waals surface area (Å²) < 4.78 is 25.9. The summed E-state index contributed by atoms with van der Waals surface area (Å²) in [5.74, 6) is 0.514. The molecular weight excluding hydrogens is 246 g/mol. The molecule has 0 unspecified atom stereocenters. The monoisotopic (exact) mass is 263 g/mol. The second kappa shape index (κ2) is 4.98. The Balaban J connectivity index is 2.34. The van der Waals surface area contributed by atoms with Crippen molar-refractivity contribution in [1.29, 1.82) is 0 Å². The average Bonchev–Trinajstić information content (AvgIpc) is 2.78. The lowest BCUT2D eigenvalue weighted by Crippen LogP contribution is -2.10. The molecular formula is C14H17NO2S. The molecule has 0 spiro atoms. The van der Waals surface area contributed by atoms with Crippen molar-refractivity contribution in [3.05, 3.63) is 54.4 Å². The normalized spacial score (nSPS) is 11.9. The zero-order chi connectivity index (χ0) is 13.2. The van der Waals surface area contributed by atoms with Crippen LogP contribution in [-0.2, 0) is 16.4 Å². The minimum absolute atomic E-state index is 0.316. The lowest BCUT2D eigenvalue weighted by atomic mass is 10.1. The Hall–Kier alpha value is -1.55. The number of aromatic nitrogens is 1. The van der Waals surface area contributed by atoms with E-state index in [4.69, 9.17) is 0 Å². The van der Waals surface area contributed by atoms with Crippen molar-refractivity contribution >= 4 is 10.0 Å². The van der Waals surface area contributed by atoms with Gasteiger partial charge in [-0.2, -0.15) is 0 Å². The summed E-state index contributed by atoms with van der Waals surface area (Å²) in [5.41, 5.74) is 1.05. The van der Waals surface area contributed by atoms with Crippen LogP contribution in [0.3, 0.4) is 0 Å². The maximum absolute atomic E-state index is 12.3. The molecule has 0 aliphatic carbocycles. The fourth-order valence-electron chi connectivity index (χ4n) is 1.87. The van der Waals surface area contributed by atoms with Gasteiger partial charge in [-0.05, 0) is 36.1 Å². The third kappa shape index (κ3) is 2.64. The predicted octanol–water partition coefficient (Wildman–Crippen LogP) is 2.92. The summed E-state index contributed by atoms with van der Waals surface area (Å²) in [6.45, 7) is 4.23. The van der Waals surface area contributed by atoms with Crippen LogP contribution in [0.4, 0.5) is 0 Å². The van der Waals surface area contributed by atoms with Crippen LogP contribution < -0.4 is 0 Å². The Morgan fingerprint density at radius 2 is 1.78 bits per heavy atom. The van der Waals surface area contributed by atoms with Crippen molar-refractivity contribution in [1.82, 2.24) is 3.97 Å². The molecule has 18 heavy (non-hydrogen) atoms. The van der Waals surface area contributed by atoms with Gasteiger partial charge in [0.15, 0.2) is 0 Å². The van der Waals surface area contributed by atoms with E-state index in [1.807, 2.05) is 6.07 Å². The van der Waals surface area contributed by atoms with E-state index in [9.17, 15) is 8.42 Å². The quantitative estimate of drug-likeness (QED) is 0.850. The van der Waals surface area contributed by atoms with Gasteiger partial charge in [0.1, 0.15) is 0 Å². The largest absolute Gasteiger partial charge is 0.267 e. The molecule has 0 saturated carbocycles. The highest BCUT2D eigenvalue weighted by Gasteiger charge is 2.16. The molecule has 0 amide bonds. The minimum Gasteiger partial charge on any atom is -0.249 e. The molecule has 0 N–H and O–H groups in total. The van der Waals surface area contributed by atoms with Crippen molar-refractivity contribution in [2.24, 2.45) is 5.92 Å². The summed E-state index contributed by atoms with van der Waals surface area (Å²) in [5, 5.41) is 0. The number of nitrogens with zero attached hydrogens (tertiary/aromatic N) is 1. The van der Waals surface area contributed by atoms with Crippen LogP contribution in [0.1, 0.15) is 19.4 Å². The molecule has 96 valence electrons. The van der Waals surface area contributed by atoms with Gasteiger partial charge in [0.25, 0.3) is 10.0 Å². The van der Waals surface area contributed by atoms with E-state index in [-0.39, 0.29) is 0 Å². The van der Waals surface area contributed by atoms with Gasteiger partial charge >= 0.3 is 0 Å². The molecule has 2 aromatic rings. The van der Waals surface area contributed by atoms with Crippen LogP contribution in [0.2, 0.25) is 0 Å². The van der Waals surface area contributed by atoms with E-state index in [1.54, 1.807) is 42.7 Å². The highest BCUT2D eigenvalue weighted by atomic mass is 32.2. The molecule has 0 radical (unpaired) electrons. The minimum atomic E-state index is -3.44. The van der Waals surface area contributed by atoms with Crippen molar-refractivity contribution in [3.8, 4) is 0 Å². The van der Waals surface area contributed by atoms with Crippen LogP contribution in [0, 0.1) is 5.92 Å². The predicted molar refractivity (Wildman–Crippen MR) is 72.0 cm³/mol. The molecule has 0 fully saturated rings. The first-order valence-electron chi connectivity index (χ1n) is 5.97. The van der Waals surface area contributed by atoms with Gasteiger partial charge in [0.2, 0.25) is 0 Å². The van der Waals surface area contributed by atoms with Crippen LogP contribution in [0.15, 0.2) is 53.7 Å². The fourth-order valence-corrected chi connectivity index (χ4v) is 3.11. The SMILES string of the molecule is CC(C)Cc1ccn(S(=O)(=O)c2ccccc2)c1. The fraction of sp³-hybridized carbons (Fsp3) is 0.286. The van der Waals surface area contributed by atoms with E-state index in [2.05, 4.69) is 13.8 Å². The van der Waals surface area contributed by atoms with E-state index < -0.39 is 10.0 Å². The molecule has 0 aliphatic rings. The van der Waals surface area contributed by atoms with E-state index in [1.165, 1.54) is 3.97 Å². The third-order valence-corrected chi connectivity index (χ3v) is 4.34. The molecule has 3 nitrogen and oxygen atoms in total. The third-order valence-electron chi connectivity index (χ3n) is 2.69. The van der Waals surface area contributed by atoms with Crippen LogP contribution >= 0.6 is 0 Å². The van der Waals surface area contributed by atoms with Gasteiger partial charge < -0.3 is 0 Å². The Morgan fingerprint density at radius 3 is 2.39 bits per heavy atom. The van der Waals surface area contributed by atoms with Crippen molar-refractivity contribution in [2.75, 3.05) is 0 Å². The number of benzene rings is 1. The maximum Gasteiger partial charge on any atom is 0.267 e. The van der Waals surface area contributed by atoms with E-state index in [0.717, 1.165) is 12.0 Å². The molecule has 0 saturated heterocycles. The van der Waals surface area contributed by atoms with Gasteiger partial charge in [0.05, 0.1) is 4.90 Å². The summed E-state index contributed by atoms with van der Waals surface area (Å²) >= 11 is 0. The van der Waals surface area contributed by atoms with Crippen LogP contribution in [0.25, 0.3) is 0 Å². The zero-order valence-corrected chi connectivity index (χ0v) is 11.4. The Kier molecular flexibility index (Phi) is 3.57. The standard InChI is InChI=1S/C14H17NO2S/c1-12(2)10-13-8-9-15(11-13)18(16,17)14-6-4-3-5-7-14/h3-9,11-12H,10H2,1-2H3. The summed E-state index contributed by atoms with van der Waals surface area (Å²) in [6, 6.07) is 10.3. The molecule has 1 aromatic heterocycles. The van der Waals surface area contributed by atoms with Crippen molar-refractivity contribution in [2.45, 2.75) is 25.2 Å². The molecule has 0 bridgehead atoms. The lowest BCUT2D eigenvalue weighted by Gasteiger charge is -2.05. The number of hydrogen-bond donors (Lipinski definition) is 0. The number of hydrogen-bond acceptors (Lipinski definition) is 2. The molecule has 2 rings (SSSR count). The average molecular weight is 263 g/mol. The highest BCUT2D eigenvalue weighted by molar-refractivity contribution is 7.90. The Morgan fingerprint density at radius 1 is 1.11 bits per heavy atom. The van der Waals surface area contributed by atoms with Gasteiger partial charge in [-0.25, -0.2) is 12.4 Å². The van der Waals surface area contributed by atoms with Gasteiger partial charge in [0, 0.05) is 12.4 Å². The van der Waals surface area contributed by atoms with Gasteiger partial charge in [-0.15, -0.1) is 0 Å². The first-order chi connectivity index (χ1) is 8.50. The first-order valence-corrected chi connectivity index (χ1v) is 7.41. The smallest absolute Gasteiger partial charge is 0.249 e. The van der Waals surface area contributed by atoms with Crippen molar-refractivity contribution in [3.63, 3.8) is 0 Å². The van der Waals surface area contributed by atoms with Crippen molar-refractivity contribution < 1.29 is 8.42 Å². The summed E-state index contributed by atoms with van der Waals surface area (Å²) in [7, 11) is -3.44. The van der Waals surface area contributed by atoms with Crippen LogP contribution in [-0.4, -0.2) is 12.4 Å².